The predicted molar refractivity (Wildman–Crippen MR) is 155 cm³/mol. The number of Topliss-reactive ketones (excluding diaryl/α,β-unsaturated/α-hetero) is 1. The fourth-order valence-corrected chi connectivity index (χ4v) is 4.64. The van der Waals surface area contributed by atoms with Crippen LogP contribution in [0.4, 0.5) is 0 Å². The standard InChI is InChI=1S/C31H42BrNO5/c1-21(2)10-8-11-22(3)12-9-13-23(4)14-19-27-24(5)28(34)29(36-6)30(37-7)33(27)20-38-31(35)25-15-17-26(32)18-16-25/h10,12,14-18,24,27H,8-9,11,13,19-20H2,1-7H3/b22-12+,23-14+. The molecule has 1 heterocycles. The van der Waals surface area contributed by atoms with Crippen LogP contribution in [0.2, 0.25) is 0 Å². The van der Waals surface area contributed by atoms with Crippen molar-refractivity contribution in [3.05, 3.63) is 80.9 Å². The molecule has 0 saturated heterocycles. The van der Waals surface area contributed by atoms with Gasteiger partial charge in [-0.3, -0.25) is 4.79 Å². The zero-order valence-electron chi connectivity index (χ0n) is 23.8. The molecule has 0 aliphatic carbocycles. The van der Waals surface area contributed by atoms with E-state index in [2.05, 4.69) is 61.9 Å². The largest absolute Gasteiger partial charge is 0.489 e. The van der Waals surface area contributed by atoms with Gasteiger partial charge in [0.25, 0.3) is 0 Å². The number of carbonyl (C=O) groups excluding carboxylic acids is 2. The molecule has 208 valence electrons. The summed E-state index contributed by atoms with van der Waals surface area (Å²) >= 11 is 3.37. The summed E-state index contributed by atoms with van der Waals surface area (Å²) in [6.45, 7) is 10.4. The number of hydrogen-bond acceptors (Lipinski definition) is 6. The third-order valence-corrected chi connectivity index (χ3v) is 7.24. The minimum Gasteiger partial charge on any atom is -0.489 e. The molecule has 1 aromatic carbocycles. The summed E-state index contributed by atoms with van der Waals surface area (Å²) in [5, 5.41) is 0. The van der Waals surface area contributed by atoms with Crippen molar-refractivity contribution in [3.8, 4) is 0 Å². The maximum absolute atomic E-state index is 13.1. The van der Waals surface area contributed by atoms with Crippen LogP contribution < -0.4 is 0 Å². The quantitative estimate of drug-likeness (QED) is 0.174. The van der Waals surface area contributed by atoms with Gasteiger partial charge >= 0.3 is 5.97 Å². The van der Waals surface area contributed by atoms with Crippen molar-refractivity contribution in [1.29, 1.82) is 0 Å². The van der Waals surface area contributed by atoms with Gasteiger partial charge in [-0.1, -0.05) is 57.8 Å². The lowest BCUT2D eigenvalue weighted by Gasteiger charge is -2.40. The predicted octanol–water partition coefficient (Wildman–Crippen LogP) is 7.72. The van der Waals surface area contributed by atoms with Crippen LogP contribution in [0.5, 0.6) is 0 Å². The number of carbonyl (C=O) groups is 2. The zero-order chi connectivity index (χ0) is 28.2. The average Bonchev–Trinajstić information content (AvgIpc) is 2.88. The number of allylic oxidation sites excluding steroid dienone is 6. The summed E-state index contributed by atoms with van der Waals surface area (Å²) in [4.78, 5) is 27.6. The van der Waals surface area contributed by atoms with Gasteiger partial charge in [0.15, 0.2) is 6.73 Å². The topological polar surface area (TPSA) is 65.1 Å². The second-order valence-corrected chi connectivity index (χ2v) is 10.9. The molecular weight excluding hydrogens is 546 g/mol. The van der Waals surface area contributed by atoms with Gasteiger partial charge in [0.05, 0.1) is 19.8 Å². The van der Waals surface area contributed by atoms with Gasteiger partial charge in [-0.25, -0.2) is 4.79 Å². The second-order valence-electron chi connectivity index (χ2n) is 10.00. The first-order chi connectivity index (χ1) is 18.1. The van der Waals surface area contributed by atoms with E-state index in [4.69, 9.17) is 14.2 Å². The van der Waals surface area contributed by atoms with Crippen molar-refractivity contribution < 1.29 is 23.8 Å². The lowest BCUT2D eigenvalue weighted by atomic mass is 9.88. The fourth-order valence-electron chi connectivity index (χ4n) is 4.38. The molecule has 2 atom stereocenters. The number of methoxy groups -OCH3 is 2. The molecular formula is C31H42BrNO5. The molecule has 1 aliphatic heterocycles. The van der Waals surface area contributed by atoms with Crippen LogP contribution in [0.3, 0.4) is 0 Å². The highest BCUT2D eigenvalue weighted by molar-refractivity contribution is 9.10. The van der Waals surface area contributed by atoms with Crippen LogP contribution in [0.25, 0.3) is 0 Å². The molecule has 0 bridgehead atoms. The van der Waals surface area contributed by atoms with Crippen LogP contribution >= 0.6 is 15.9 Å². The molecule has 38 heavy (non-hydrogen) atoms. The lowest BCUT2D eigenvalue weighted by Crippen LogP contribution is -2.49. The first-order valence-corrected chi connectivity index (χ1v) is 13.9. The Labute approximate surface area is 236 Å². The van der Waals surface area contributed by atoms with Crippen LogP contribution in [-0.4, -0.2) is 43.6 Å². The maximum atomic E-state index is 13.1. The third kappa shape index (κ3) is 9.19. The minimum absolute atomic E-state index is 0.0618. The van der Waals surface area contributed by atoms with Crippen LogP contribution in [0, 0.1) is 5.92 Å². The summed E-state index contributed by atoms with van der Waals surface area (Å²) in [7, 11) is 2.94. The number of halogens is 1. The highest BCUT2D eigenvalue weighted by Gasteiger charge is 2.41. The van der Waals surface area contributed by atoms with E-state index in [0.29, 0.717) is 12.0 Å². The van der Waals surface area contributed by atoms with Gasteiger partial charge in [0, 0.05) is 16.4 Å². The van der Waals surface area contributed by atoms with Crippen molar-refractivity contribution in [2.45, 2.75) is 72.8 Å². The van der Waals surface area contributed by atoms with E-state index in [9.17, 15) is 9.59 Å². The number of esters is 1. The Kier molecular flexibility index (Phi) is 12.9. The van der Waals surface area contributed by atoms with Gasteiger partial charge < -0.3 is 19.1 Å². The van der Waals surface area contributed by atoms with Gasteiger partial charge in [0.2, 0.25) is 17.4 Å². The lowest BCUT2D eigenvalue weighted by molar-refractivity contribution is -0.129. The van der Waals surface area contributed by atoms with Gasteiger partial charge in [0.1, 0.15) is 0 Å². The SMILES string of the molecule is COC1=C(OC)N(COC(=O)c2ccc(Br)cc2)C(C/C=C(\C)CC/C=C(\C)CCC=C(C)C)C(C)C1=O. The normalized spacial score (nSPS) is 18.4. The summed E-state index contributed by atoms with van der Waals surface area (Å²) in [5.41, 5.74) is 4.46. The Morgan fingerprint density at radius 3 is 2.13 bits per heavy atom. The smallest absolute Gasteiger partial charge is 0.339 e. The number of hydrogen-bond donors (Lipinski definition) is 0. The third-order valence-electron chi connectivity index (χ3n) is 6.71. The molecule has 7 heteroatoms. The van der Waals surface area contributed by atoms with E-state index in [-0.39, 0.29) is 36.1 Å². The number of ketones is 1. The monoisotopic (exact) mass is 587 g/mol. The Morgan fingerprint density at radius 2 is 1.55 bits per heavy atom. The summed E-state index contributed by atoms with van der Waals surface area (Å²) in [5.74, 6) is -0.508. The van der Waals surface area contributed by atoms with E-state index < -0.39 is 5.97 Å². The maximum Gasteiger partial charge on any atom is 0.339 e. The molecule has 1 aromatic rings. The van der Waals surface area contributed by atoms with Gasteiger partial charge in [-0.05, 0) is 84.1 Å². The Balaban J connectivity index is 2.13. The van der Waals surface area contributed by atoms with Crippen molar-refractivity contribution in [3.63, 3.8) is 0 Å². The molecule has 2 unspecified atom stereocenters. The fraction of sp³-hybridized carbons (Fsp3) is 0.484. The van der Waals surface area contributed by atoms with E-state index in [1.165, 1.54) is 30.9 Å². The Bertz CT molecular complexity index is 1080. The number of nitrogens with zero attached hydrogens (tertiary/aromatic N) is 1. The molecule has 0 fully saturated rings. The van der Waals surface area contributed by atoms with Crippen molar-refractivity contribution >= 4 is 27.7 Å². The second kappa shape index (κ2) is 15.6. The zero-order valence-corrected chi connectivity index (χ0v) is 25.4. The van der Waals surface area contributed by atoms with Crippen LogP contribution in [0.1, 0.15) is 77.1 Å². The molecule has 6 nitrogen and oxygen atoms in total. The first kappa shape index (κ1) is 31.4. The van der Waals surface area contributed by atoms with E-state index in [0.717, 1.165) is 30.2 Å². The summed E-state index contributed by atoms with van der Waals surface area (Å²) in [6.07, 6.45) is 11.5. The van der Waals surface area contributed by atoms with E-state index >= 15 is 0 Å². The molecule has 1 aliphatic rings. The molecule has 0 radical (unpaired) electrons. The number of ether oxygens (including phenoxy) is 3. The average molecular weight is 589 g/mol. The molecule has 0 saturated carbocycles. The van der Waals surface area contributed by atoms with Crippen LogP contribution in [0.15, 0.2) is 75.3 Å². The minimum atomic E-state index is -0.450. The molecule has 0 aromatic heterocycles. The van der Waals surface area contributed by atoms with E-state index in [1.54, 1.807) is 24.3 Å². The van der Waals surface area contributed by atoms with Crippen molar-refractivity contribution in [2.24, 2.45) is 5.92 Å². The summed E-state index contributed by atoms with van der Waals surface area (Å²) in [6, 6.07) is 6.73. The van der Waals surface area contributed by atoms with Gasteiger partial charge in [-0.2, -0.15) is 0 Å². The summed E-state index contributed by atoms with van der Waals surface area (Å²) < 4.78 is 17.5. The Hall–Kier alpha value is -2.80. The first-order valence-electron chi connectivity index (χ1n) is 13.1. The number of rotatable bonds is 13. The molecule has 0 spiro atoms. The van der Waals surface area contributed by atoms with Crippen molar-refractivity contribution in [1.82, 2.24) is 4.90 Å². The van der Waals surface area contributed by atoms with Gasteiger partial charge in [-0.15, -0.1) is 0 Å². The number of benzene rings is 1. The molecule has 2 rings (SSSR count). The highest BCUT2D eigenvalue weighted by atomic mass is 79.9. The van der Waals surface area contributed by atoms with Crippen LogP contribution in [-0.2, 0) is 19.0 Å². The van der Waals surface area contributed by atoms with E-state index in [1.807, 2.05) is 11.8 Å². The highest BCUT2D eigenvalue weighted by Crippen LogP contribution is 2.32. The molecule has 0 amide bonds. The molecule has 0 N–H and O–H groups in total. The van der Waals surface area contributed by atoms with Crippen molar-refractivity contribution in [2.75, 3.05) is 21.0 Å². The Morgan fingerprint density at radius 1 is 0.947 bits per heavy atom.